The molecule has 0 fully saturated rings. The van der Waals surface area contributed by atoms with E-state index in [9.17, 15) is 13.5 Å². The van der Waals surface area contributed by atoms with Gasteiger partial charge in [0.05, 0.1) is 12.0 Å². The zero-order chi connectivity index (χ0) is 17.3. The number of anilines is 2. The Kier molecular flexibility index (Phi) is 5.97. The molecule has 3 N–H and O–H groups in total. The van der Waals surface area contributed by atoms with Gasteiger partial charge in [-0.15, -0.1) is 0 Å². The molecule has 0 bridgehead atoms. The van der Waals surface area contributed by atoms with E-state index in [1.54, 1.807) is 25.3 Å². The average molecular weight is 368 g/mol. The largest absolute Gasteiger partial charge is 0.507 e. The van der Waals surface area contributed by atoms with Gasteiger partial charge in [0.25, 0.3) is 10.1 Å². The third kappa shape index (κ3) is 4.45. The number of phenols is 1. The van der Waals surface area contributed by atoms with Crippen LogP contribution in [0.25, 0.3) is 10.8 Å². The molecule has 1 radical (unpaired) electrons. The number of aromatic hydroxyl groups is 1. The van der Waals surface area contributed by atoms with Crippen molar-refractivity contribution in [2.45, 2.75) is 4.90 Å². The summed E-state index contributed by atoms with van der Waals surface area (Å²) >= 11 is 0. The summed E-state index contributed by atoms with van der Waals surface area (Å²) in [6.07, 6.45) is 0. The van der Waals surface area contributed by atoms with Gasteiger partial charge in [-0.3, -0.25) is 4.55 Å². The second-order valence-electron chi connectivity index (χ2n) is 5.21. The Morgan fingerprint density at radius 3 is 2.20 bits per heavy atom. The van der Waals surface area contributed by atoms with E-state index in [1.807, 2.05) is 24.3 Å². The van der Waals surface area contributed by atoms with Crippen LogP contribution < -0.4 is 10.1 Å². The van der Waals surface area contributed by atoms with Crippen LogP contribution in [0.2, 0.25) is 0 Å². The average Bonchev–Trinajstić information content (AvgIpc) is 2.55. The molecule has 0 aliphatic carbocycles. The number of hydrogen-bond acceptors (Lipinski definition) is 5. The van der Waals surface area contributed by atoms with Crippen LogP contribution in [-0.4, -0.2) is 54.7 Å². The second kappa shape index (κ2) is 7.63. The van der Waals surface area contributed by atoms with Crippen LogP contribution in [0.4, 0.5) is 11.4 Å². The van der Waals surface area contributed by atoms with Gasteiger partial charge in [-0.25, -0.2) is 0 Å². The third-order valence-corrected chi connectivity index (χ3v) is 4.41. The molecule has 3 aromatic carbocycles. The molecule has 0 atom stereocenters. The zero-order valence-electron chi connectivity index (χ0n) is 13.7. The summed E-state index contributed by atoms with van der Waals surface area (Å²) in [6, 6.07) is 14.8. The minimum absolute atomic E-state index is 0. The predicted octanol–water partition coefficient (Wildman–Crippen LogP) is 3.16. The van der Waals surface area contributed by atoms with Crippen LogP contribution in [0.1, 0.15) is 0 Å². The maximum Gasteiger partial charge on any atom is 0.294 e. The van der Waals surface area contributed by atoms with E-state index in [0.29, 0.717) is 10.8 Å². The summed E-state index contributed by atoms with van der Waals surface area (Å²) in [7, 11) is -2.78. The smallest absolute Gasteiger partial charge is 0.294 e. The second-order valence-corrected chi connectivity index (χ2v) is 6.63. The van der Waals surface area contributed by atoms with Gasteiger partial charge < -0.3 is 15.2 Å². The molecule has 0 aliphatic heterocycles. The SMILES string of the molecule is COc1ccc(Nc2ccc3cc(S(=O)(=O)O)cc(O)c3c2)cc1.[Na]. The molecule has 0 saturated carbocycles. The summed E-state index contributed by atoms with van der Waals surface area (Å²) in [5, 5.41) is 14.2. The van der Waals surface area contributed by atoms with Crippen LogP contribution in [0.3, 0.4) is 0 Å². The van der Waals surface area contributed by atoms with Gasteiger partial charge in [0, 0.05) is 52.4 Å². The fourth-order valence-electron chi connectivity index (χ4n) is 2.38. The van der Waals surface area contributed by atoms with Crippen molar-refractivity contribution in [3.63, 3.8) is 0 Å². The molecule has 0 spiro atoms. The van der Waals surface area contributed by atoms with Gasteiger partial charge in [0.2, 0.25) is 0 Å². The van der Waals surface area contributed by atoms with Gasteiger partial charge >= 0.3 is 0 Å². The van der Waals surface area contributed by atoms with Crippen molar-refractivity contribution in [1.29, 1.82) is 0 Å². The summed E-state index contributed by atoms with van der Waals surface area (Å²) in [4.78, 5) is -0.344. The van der Waals surface area contributed by atoms with Crippen LogP contribution in [0.5, 0.6) is 11.5 Å². The van der Waals surface area contributed by atoms with Gasteiger partial charge in [-0.1, -0.05) is 6.07 Å². The van der Waals surface area contributed by atoms with E-state index in [1.165, 1.54) is 6.07 Å². The first-order valence-electron chi connectivity index (χ1n) is 7.02. The van der Waals surface area contributed by atoms with E-state index < -0.39 is 10.1 Å². The Morgan fingerprint density at radius 2 is 1.60 bits per heavy atom. The Labute approximate surface area is 167 Å². The minimum Gasteiger partial charge on any atom is -0.507 e. The van der Waals surface area contributed by atoms with Crippen molar-refractivity contribution in [3.05, 3.63) is 54.6 Å². The standard InChI is InChI=1S/C17H15NO5S.Na/c1-23-14-6-4-12(5-7-14)18-13-3-2-11-8-15(24(20,21)22)10-17(19)16(11)9-13;/h2-10,18-19H,1H3,(H,20,21,22);. The van der Waals surface area contributed by atoms with Crippen molar-refractivity contribution in [1.82, 2.24) is 0 Å². The maximum atomic E-state index is 11.2. The number of hydrogen-bond donors (Lipinski definition) is 3. The van der Waals surface area contributed by atoms with Crippen LogP contribution in [0, 0.1) is 0 Å². The Bertz CT molecular complexity index is 1000. The molecule has 0 saturated heterocycles. The van der Waals surface area contributed by atoms with Crippen molar-refractivity contribution < 1.29 is 22.8 Å². The number of phenolic OH excluding ortho intramolecular Hbond substituents is 1. The number of rotatable bonds is 4. The normalized spacial score (nSPS) is 11.0. The van der Waals surface area contributed by atoms with Crippen molar-refractivity contribution in [2.24, 2.45) is 0 Å². The topological polar surface area (TPSA) is 95.9 Å². The van der Waals surface area contributed by atoms with Crippen molar-refractivity contribution >= 4 is 61.8 Å². The number of ether oxygens (including phenoxy) is 1. The molecule has 6 nitrogen and oxygen atoms in total. The molecular weight excluding hydrogens is 353 g/mol. The summed E-state index contributed by atoms with van der Waals surface area (Å²) in [6.45, 7) is 0. The van der Waals surface area contributed by atoms with Crippen molar-refractivity contribution in [3.8, 4) is 11.5 Å². The fourth-order valence-corrected chi connectivity index (χ4v) is 2.92. The van der Waals surface area contributed by atoms with Crippen molar-refractivity contribution in [2.75, 3.05) is 12.4 Å². The van der Waals surface area contributed by atoms with E-state index in [0.717, 1.165) is 23.2 Å². The first kappa shape index (κ1) is 19.6. The fraction of sp³-hybridized carbons (Fsp3) is 0.0588. The van der Waals surface area contributed by atoms with Crippen LogP contribution >= 0.6 is 0 Å². The molecule has 0 amide bonds. The van der Waals surface area contributed by atoms with Gasteiger partial charge in [0.15, 0.2) is 0 Å². The quantitative estimate of drug-likeness (QED) is 0.484. The number of fused-ring (bicyclic) bond motifs is 1. The molecule has 0 heterocycles. The Balaban J connectivity index is 0.00000225. The summed E-state index contributed by atoms with van der Waals surface area (Å²) < 4.78 is 36.6. The maximum absolute atomic E-state index is 11.2. The molecule has 0 aliphatic rings. The first-order valence-corrected chi connectivity index (χ1v) is 8.46. The van der Waals surface area contributed by atoms with Gasteiger partial charge in [-0.2, -0.15) is 8.42 Å². The van der Waals surface area contributed by atoms with Crippen LogP contribution in [-0.2, 0) is 10.1 Å². The molecule has 0 unspecified atom stereocenters. The summed E-state index contributed by atoms with van der Waals surface area (Å²) in [5.74, 6) is 0.521. The number of methoxy groups -OCH3 is 1. The number of nitrogens with one attached hydrogen (secondary N) is 1. The van der Waals surface area contributed by atoms with E-state index in [-0.39, 0.29) is 40.2 Å². The molecule has 125 valence electrons. The van der Waals surface area contributed by atoms with Gasteiger partial charge in [-0.05, 0) is 47.9 Å². The third-order valence-electron chi connectivity index (χ3n) is 3.58. The summed E-state index contributed by atoms with van der Waals surface area (Å²) in [5.41, 5.74) is 1.56. The first-order chi connectivity index (χ1) is 11.4. The Hall–Kier alpha value is -1.77. The van der Waals surface area contributed by atoms with E-state index >= 15 is 0 Å². The molecular formula is C17H15NNaO5S. The molecule has 3 aromatic rings. The minimum atomic E-state index is -4.37. The van der Waals surface area contributed by atoms with E-state index in [2.05, 4.69) is 5.32 Å². The molecule has 8 heteroatoms. The molecule has 25 heavy (non-hydrogen) atoms. The predicted molar refractivity (Wildman–Crippen MR) is 97.5 cm³/mol. The molecule has 3 rings (SSSR count). The Morgan fingerprint density at radius 1 is 0.960 bits per heavy atom. The zero-order valence-corrected chi connectivity index (χ0v) is 16.5. The molecule has 0 aromatic heterocycles. The van der Waals surface area contributed by atoms with E-state index in [4.69, 9.17) is 9.29 Å². The van der Waals surface area contributed by atoms with Gasteiger partial charge in [0.1, 0.15) is 11.5 Å². The number of benzene rings is 3. The monoisotopic (exact) mass is 368 g/mol. The van der Waals surface area contributed by atoms with Crippen LogP contribution in [0.15, 0.2) is 59.5 Å².